The Bertz CT molecular complexity index is 1050. The van der Waals surface area contributed by atoms with Gasteiger partial charge in [0.1, 0.15) is 11.5 Å². The van der Waals surface area contributed by atoms with Gasteiger partial charge in [0.05, 0.1) is 17.6 Å². The van der Waals surface area contributed by atoms with Crippen molar-refractivity contribution in [2.24, 2.45) is 5.16 Å². The Morgan fingerprint density at radius 1 is 1.47 bits per heavy atom. The molecule has 1 aromatic heterocycles. The summed E-state index contributed by atoms with van der Waals surface area (Å²) in [5.74, 6) is -0.688. The Kier molecular flexibility index (Phi) is 6.54. The maximum atomic E-state index is 15.1. The van der Waals surface area contributed by atoms with E-state index in [1.54, 1.807) is 0 Å². The van der Waals surface area contributed by atoms with Crippen LogP contribution in [0, 0.1) is 5.82 Å². The van der Waals surface area contributed by atoms with Crippen LogP contribution in [0.25, 0.3) is 0 Å². The summed E-state index contributed by atoms with van der Waals surface area (Å²) in [4.78, 5) is 0. The van der Waals surface area contributed by atoms with Gasteiger partial charge in [-0.15, -0.1) is 0 Å². The zero-order valence-corrected chi connectivity index (χ0v) is 18.0. The molecule has 1 fully saturated rings. The van der Waals surface area contributed by atoms with Gasteiger partial charge in [0.25, 0.3) is 10.2 Å². The minimum Gasteiger partial charge on any atom is -0.409 e. The second-order valence-electron chi connectivity index (χ2n) is 6.46. The van der Waals surface area contributed by atoms with Crippen LogP contribution in [0.15, 0.2) is 32.5 Å². The summed E-state index contributed by atoms with van der Waals surface area (Å²) in [5, 5.41) is 25.1. The fraction of sp³-hybridized carbons (Fsp3) is 0.400. The van der Waals surface area contributed by atoms with Gasteiger partial charge >= 0.3 is 0 Å². The van der Waals surface area contributed by atoms with E-state index in [4.69, 9.17) is 0 Å². The standard InChI is InChI=1S/C15H18BrF2N7O4S/c1-19-30(27,28)25-5-4-15(18,8-25)7-20-13-12(23-29-24-13)14(22-26)21-9-2-3-11(17)10(16)6-9/h2-3,6,19,26H,4-5,7-8H2,1H3,(H,20,24)(H,21,22)/t15-/m0/s1. The highest BCUT2D eigenvalue weighted by molar-refractivity contribution is 9.10. The van der Waals surface area contributed by atoms with Gasteiger partial charge < -0.3 is 15.8 Å². The third-order valence-corrected chi connectivity index (χ3v) is 6.55. The number of hydrogen-bond donors (Lipinski definition) is 4. The largest absolute Gasteiger partial charge is 0.409 e. The molecule has 164 valence electrons. The molecule has 2 aromatic rings. The number of halogens is 3. The molecule has 2 heterocycles. The third-order valence-electron chi connectivity index (χ3n) is 4.43. The Labute approximate surface area is 178 Å². The van der Waals surface area contributed by atoms with Crippen molar-refractivity contribution in [1.29, 1.82) is 0 Å². The molecule has 1 atom stereocenters. The van der Waals surface area contributed by atoms with Crippen LogP contribution in [0.4, 0.5) is 20.3 Å². The second kappa shape index (κ2) is 8.79. The van der Waals surface area contributed by atoms with Crippen molar-refractivity contribution in [2.75, 3.05) is 37.3 Å². The molecule has 1 saturated heterocycles. The van der Waals surface area contributed by atoms with Crippen molar-refractivity contribution in [3.63, 3.8) is 0 Å². The molecule has 0 bridgehead atoms. The molecule has 0 aliphatic carbocycles. The highest BCUT2D eigenvalue weighted by Crippen LogP contribution is 2.28. The third kappa shape index (κ3) is 4.85. The van der Waals surface area contributed by atoms with Gasteiger partial charge in [-0.25, -0.2) is 18.1 Å². The van der Waals surface area contributed by atoms with Crippen LogP contribution < -0.4 is 15.4 Å². The van der Waals surface area contributed by atoms with E-state index in [0.29, 0.717) is 5.69 Å². The van der Waals surface area contributed by atoms with E-state index >= 15 is 4.39 Å². The molecule has 15 heteroatoms. The number of rotatable bonds is 7. The normalized spacial score (nSPS) is 20.5. The fourth-order valence-corrected chi connectivity index (χ4v) is 4.19. The molecule has 0 unspecified atom stereocenters. The first-order valence-electron chi connectivity index (χ1n) is 8.56. The van der Waals surface area contributed by atoms with E-state index in [9.17, 15) is 18.0 Å². The quantitative estimate of drug-likeness (QED) is 0.190. The van der Waals surface area contributed by atoms with Gasteiger partial charge in [0.2, 0.25) is 11.7 Å². The van der Waals surface area contributed by atoms with Crippen molar-refractivity contribution in [2.45, 2.75) is 12.1 Å². The van der Waals surface area contributed by atoms with Gasteiger partial charge in [-0.1, -0.05) is 5.16 Å². The lowest BCUT2D eigenvalue weighted by atomic mass is 10.1. The lowest BCUT2D eigenvalue weighted by Crippen LogP contribution is -2.41. The van der Waals surface area contributed by atoms with Gasteiger partial charge in [0, 0.05) is 19.3 Å². The fourth-order valence-electron chi connectivity index (χ4n) is 2.82. The first-order valence-corrected chi connectivity index (χ1v) is 10.8. The highest BCUT2D eigenvalue weighted by Gasteiger charge is 2.43. The van der Waals surface area contributed by atoms with E-state index < -0.39 is 21.7 Å². The number of oxime groups is 1. The lowest BCUT2D eigenvalue weighted by Gasteiger charge is -2.21. The van der Waals surface area contributed by atoms with Crippen LogP contribution in [0.3, 0.4) is 0 Å². The molecule has 0 amide bonds. The van der Waals surface area contributed by atoms with Crippen LogP contribution in [-0.4, -0.2) is 66.4 Å². The Balaban J connectivity index is 1.69. The number of alkyl halides is 1. The first-order chi connectivity index (χ1) is 14.2. The molecular weight excluding hydrogens is 492 g/mol. The van der Waals surface area contributed by atoms with E-state index in [1.165, 1.54) is 25.2 Å². The van der Waals surface area contributed by atoms with Crippen LogP contribution in [0.5, 0.6) is 0 Å². The minimum atomic E-state index is -3.73. The predicted molar refractivity (Wildman–Crippen MR) is 107 cm³/mol. The number of anilines is 2. The number of nitrogens with zero attached hydrogens (tertiary/aromatic N) is 4. The summed E-state index contributed by atoms with van der Waals surface area (Å²) in [6.45, 7) is -0.604. The Morgan fingerprint density at radius 3 is 2.90 bits per heavy atom. The molecule has 3 rings (SSSR count). The number of amidine groups is 1. The van der Waals surface area contributed by atoms with Crippen LogP contribution in [-0.2, 0) is 10.2 Å². The summed E-state index contributed by atoms with van der Waals surface area (Å²) in [6, 6.07) is 4.00. The molecule has 0 saturated carbocycles. The minimum absolute atomic E-state index is 0.0234. The Morgan fingerprint density at radius 2 is 2.23 bits per heavy atom. The van der Waals surface area contributed by atoms with Crippen LogP contribution in [0.1, 0.15) is 12.1 Å². The smallest absolute Gasteiger partial charge is 0.279 e. The maximum absolute atomic E-state index is 15.1. The molecule has 30 heavy (non-hydrogen) atoms. The van der Waals surface area contributed by atoms with Gasteiger partial charge in [-0.3, -0.25) is 0 Å². The second-order valence-corrected chi connectivity index (χ2v) is 9.19. The van der Waals surface area contributed by atoms with Gasteiger partial charge in [-0.2, -0.15) is 12.7 Å². The molecule has 1 aliphatic heterocycles. The molecule has 0 radical (unpaired) electrons. The van der Waals surface area contributed by atoms with E-state index in [2.05, 4.69) is 51.4 Å². The summed E-state index contributed by atoms with van der Waals surface area (Å²) < 4.78 is 60.1. The molecule has 1 aliphatic rings. The van der Waals surface area contributed by atoms with E-state index in [0.717, 1.165) is 4.31 Å². The topological polar surface area (TPSA) is 145 Å². The lowest BCUT2D eigenvalue weighted by molar-refractivity contribution is 0.197. The number of aromatic nitrogens is 2. The Hall–Kier alpha value is -2.36. The van der Waals surface area contributed by atoms with Crippen molar-refractivity contribution in [3.8, 4) is 0 Å². The summed E-state index contributed by atoms with van der Waals surface area (Å²) in [5.41, 5.74) is -1.54. The van der Waals surface area contributed by atoms with Crippen molar-refractivity contribution in [1.82, 2.24) is 19.3 Å². The van der Waals surface area contributed by atoms with Gasteiger partial charge in [0.15, 0.2) is 5.69 Å². The van der Waals surface area contributed by atoms with Crippen molar-refractivity contribution < 1.29 is 27.0 Å². The molecular formula is C15H18BrF2N7O4S. The SMILES string of the molecule is CNS(=O)(=O)N1CC[C@](F)(CNc2nonc2/C(=N/O)Nc2ccc(F)c(Br)c2)C1. The highest BCUT2D eigenvalue weighted by atomic mass is 79.9. The van der Waals surface area contributed by atoms with Gasteiger partial charge in [-0.05, 0) is 50.9 Å². The van der Waals surface area contributed by atoms with E-state index in [1.807, 2.05) is 0 Å². The number of hydrogen-bond acceptors (Lipinski definition) is 8. The van der Waals surface area contributed by atoms with Crippen molar-refractivity contribution >= 4 is 43.5 Å². The summed E-state index contributed by atoms with van der Waals surface area (Å²) in [7, 11) is -2.48. The maximum Gasteiger partial charge on any atom is 0.279 e. The zero-order chi connectivity index (χ0) is 21.9. The predicted octanol–water partition coefficient (Wildman–Crippen LogP) is 1.51. The van der Waals surface area contributed by atoms with Crippen LogP contribution >= 0.6 is 15.9 Å². The van der Waals surface area contributed by atoms with E-state index in [-0.39, 0.29) is 47.9 Å². The number of benzene rings is 1. The first kappa shape index (κ1) is 22.3. The number of nitrogens with one attached hydrogen (secondary N) is 3. The van der Waals surface area contributed by atoms with Crippen molar-refractivity contribution in [3.05, 3.63) is 34.2 Å². The average molecular weight is 510 g/mol. The summed E-state index contributed by atoms with van der Waals surface area (Å²) >= 11 is 3.04. The molecule has 11 nitrogen and oxygen atoms in total. The average Bonchev–Trinajstić information content (AvgIpc) is 3.35. The molecule has 4 N–H and O–H groups in total. The monoisotopic (exact) mass is 509 g/mol. The summed E-state index contributed by atoms with van der Waals surface area (Å²) in [6.07, 6.45) is -0.0235. The molecule has 0 spiro atoms. The molecule has 1 aromatic carbocycles. The van der Waals surface area contributed by atoms with Crippen LogP contribution in [0.2, 0.25) is 0 Å². The zero-order valence-electron chi connectivity index (χ0n) is 15.6.